The summed E-state index contributed by atoms with van der Waals surface area (Å²) in [5.74, 6) is -0.647. The highest BCUT2D eigenvalue weighted by Gasteiger charge is 2.33. The van der Waals surface area contributed by atoms with E-state index in [1.54, 1.807) is 52.8 Å². The van der Waals surface area contributed by atoms with E-state index >= 15 is 0 Å². The third kappa shape index (κ3) is 7.40. The van der Waals surface area contributed by atoms with Crippen LogP contribution >= 0.6 is 0 Å². The van der Waals surface area contributed by atoms with Gasteiger partial charge in [0.1, 0.15) is 11.3 Å². The molecule has 0 saturated carbocycles. The Bertz CT molecular complexity index is 1900. The van der Waals surface area contributed by atoms with Crippen molar-refractivity contribution >= 4 is 49.4 Å². The molecule has 1 amide bonds. The van der Waals surface area contributed by atoms with Gasteiger partial charge in [-0.15, -0.1) is 0 Å². The second-order valence-electron chi connectivity index (χ2n) is 12.3. The monoisotopic (exact) mass is 630 g/mol. The van der Waals surface area contributed by atoms with E-state index < -0.39 is 27.7 Å². The summed E-state index contributed by atoms with van der Waals surface area (Å²) in [5, 5.41) is 12.0. The number of carbonyl (C=O) groups is 2. The summed E-state index contributed by atoms with van der Waals surface area (Å²) >= 11 is 0. The fourth-order valence-electron chi connectivity index (χ4n) is 5.84. The fourth-order valence-corrected chi connectivity index (χ4v) is 7.00. The highest BCUT2D eigenvalue weighted by molar-refractivity contribution is 7.92. The lowest BCUT2D eigenvalue weighted by atomic mass is 10.0. The lowest BCUT2D eigenvalue weighted by molar-refractivity contribution is 0.0224. The molecule has 1 aliphatic rings. The number of nitrogens with zero attached hydrogens (tertiary/aromatic N) is 3. The molecule has 236 valence electrons. The smallest absolute Gasteiger partial charge is 0.410 e. The molecular weight excluding hydrogens is 592 g/mol. The Hall–Kier alpha value is -4.56. The molecule has 45 heavy (non-hydrogen) atoms. The molecule has 1 saturated heterocycles. The number of esters is 1. The normalized spacial score (nSPS) is 15.3. The molecule has 3 aromatic carbocycles. The van der Waals surface area contributed by atoms with Gasteiger partial charge in [-0.05, 0) is 93.6 Å². The zero-order valence-corrected chi connectivity index (χ0v) is 26.8. The Balaban J connectivity index is 1.43. The predicted octanol–water partition coefficient (Wildman–Crippen LogP) is 6.42. The maximum Gasteiger partial charge on any atom is 0.410 e. The second-order valence-corrected chi connectivity index (χ2v) is 14.1. The molecule has 1 N–H and O–H groups in total. The molecule has 10 nitrogen and oxygen atoms in total. The van der Waals surface area contributed by atoms with Crippen LogP contribution in [0.5, 0.6) is 0 Å². The van der Waals surface area contributed by atoms with Crippen molar-refractivity contribution in [3.05, 3.63) is 77.5 Å². The summed E-state index contributed by atoms with van der Waals surface area (Å²) in [6, 6.07) is 20.1. The number of fused-ring (bicyclic) bond motifs is 2. The number of rotatable bonds is 9. The molecule has 4 aromatic rings. The number of carbonyl (C=O) groups excluding carboxylic acids is 2. The first kappa shape index (κ1) is 31.9. The van der Waals surface area contributed by atoms with Crippen molar-refractivity contribution in [2.75, 3.05) is 23.6 Å². The van der Waals surface area contributed by atoms with E-state index in [0.29, 0.717) is 29.0 Å². The zero-order valence-electron chi connectivity index (χ0n) is 26.0. The van der Waals surface area contributed by atoms with Gasteiger partial charge in [0.05, 0.1) is 29.5 Å². The largest absolute Gasteiger partial charge is 0.461 e. The number of nitriles is 1. The van der Waals surface area contributed by atoms with Crippen molar-refractivity contribution in [3.8, 4) is 6.07 Å². The lowest BCUT2D eigenvalue weighted by Gasteiger charge is -2.28. The molecule has 1 atom stereocenters. The molecule has 1 aromatic heterocycles. The van der Waals surface area contributed by atoms with Gasteiger partial charge in [-0.2, -0.15) is 5.26 Å². The first-order chi connectivity index (χ1) is 21.4. The van der Waals surface area contributed by atoms with Crippen LogP contribution in [0.2, 0.25) is 0 Å². The van der Waals surface area contributed by atoms with Gasteiger partial charge in [0.25, 0.3) is 0 Å². The molecule has 0 aliphatic carbocycles. The summed E-state index contributed by atoms with van der Waals surface area (Å²) in [6.07, 6.45) is 1.38. The molecule has 0 unspecified atom stereocenters. The van der Waals surface area contributed by atoms with Gasteiger partial charge in [0.15, 0.2) is 0 Å². The maximum absolute atomic E-state index is 13.3. The Morgan fingerprint density at radius 2 is 1.84 bits per heavy atom. The van der Waals surface area contributed by atoms with E-state index in [4.69, 9.17) is 9.47 Å². The number of hydrogen-bond donors (Lipinski definition) is 1. The molecule has 2 heterocycles. The minimum atomic E-state index is -3.77. The van der Waals surface area contributed by atoms with Crippen molar-refractivity contribution < 1.29 is 27.5 Å². The highest BCUT2D eigenvalue weighted by Crippen LogP contribution is 2.30. The Morgan fingerprint density at radius 1 is 1.07 bits per heavy atom. The van der Waals surface area contributed by atoms with Crippen LogP contribution in [0, 0.1) is 11.3 Å². The van der Waals surface area contributed by atoms with Crippen LogP contribution in [-0.4, -0.2) is 60.5 Å². The SMILES string of the molecule is CCOC(=O)c1cc2ccc(C#N)cc2n1Cc1cc(NS(=O)(=O)CC[C@@H]2CCCN2C(=O)OC(C)(C)C)cc2ccccc12. The number of sulfonamides is 1. The highest BCUT2D eigenvalue weighted by atomic mass is 32.2. The van der Waals surface area contributed by atoms with Crippen LogP contribution in [0.3, 0.4) is 0 Å². The van der Waals surface area contributed by atoms with Gasteiger partial charge < -0.3 is 18.9 Å². The summed E-state index contributed by atoms with van der Waals surface area (Å²) in [4.78, 5) is 27.3. The van der Waals surface area contributed by atoms with Crippen LogP contribution in [0.25, 0.3) is 21.7 Å². The van der Waals surface area contributed by atoms with Crippen molar-refractivity contribution in [2.45, 2.75) is 65.1 Å². The lowest BCUT2D eigenvalue weighted by Crippen LogP contribution is -2.40. The molecule has 11 heteroatoms. The quantitative estimate of drug-likeness (QED) is 0.211. The van der Waals surface area contributed by atoms with Crippen LogP contribution in [-0.2, 0) is 26.0 Å². The van der Waals surface area contributed by atoms with Gasteiger partial charge in [-0.3, -0.25) is 4.72 Å². The number of nitrogens with one attached hydrogen (secondary N) is 1. The van der Waals surface area contributed by atoms with Crippen LogP contribution in [0.15, 0.2) is 60.7 Å². The van der Waals surface area contributed by atoms with Crippen molar-refractivity contribution in [1.29, 1.82) is 5.26 Å². The van der Waals surface area contributed by atoms with E-state index in [0.717, 1.165) is 34.6 Å². The van der Waals surface area contributed by atoms with E-state index in [9.17, 15) is 23.3 Å². The molecule has 1 fully saturated rings. The van der Waals surface area contributed by atoms with Gasteiger partial charge >= 0.3 is 12.1 Å². The third-order valence-electron chi connectivity index (χ3n) is 7.79. The van der Waals surface area contributed by atoms with Crippen molar-refractivity contribution in [3.63, 3.8) is 0 Å². The minimum Gasteiger partial charge on any atom is -0.461 e. The van der Waals surface area contributed by atoms with Crippen molar-refractivity contribution in [2.24, 2.45) is 0 Å². The number of ether oxygens (including phenoxy) is 2. The van der Waals surface area contributed by atoms with E-state index in [2.05, 4.69) is 10.8 Å². The Kier molecular flexibility index (Phi) is 9.07. The summed E-state index contributed by atoms with van der Waals surface area (Å²) in [6.45, 7) is 8.14. The average Bonchev–Trinajstić information content (AvgIpc) is 3.60. The van der Waals surface area contributed by atoms with Crippen LogP contribution < -0.4 is 4.72 Å². The number of benzene rings is 3. The van der Waals surface area contributed by atoms with Gasteiger partial charge in [-0.1, -0.05) is 30.3 Å². The number of hydrogen-bond acceptors (Lipinski definition) is 7. The standard InChI is InChI=1S/C34H38N4O6S/c1-5-43-32(39)31-20-25-13-12-23(21-35)17-30(25)38(31)22-26-19-27(18-24-9-6-7-11-29(24)26)36-45(41,42)16-14-28-10-8-15-37(28)33(40)44-34(2,3)4/h6-7,9,11-13,17-20,28,36H,5,8,10,14-16,22H2,1-4H3/t28-/m0/s1. The van der Waals surface area contributed by atoms with Crippen LogP contribution in [0.4, 0.5) is 10.5 Å². The molecular formula is C34H38N4O6S. The summed E-state index contributed by atoms with van der Waals surface area (Å²) in [7, 11) is -3.77. The predicted molar refractivity (Wildman–Crippen MR) is 174 cm³/mol. The number of anilines is 1. The minimum absolute atomic E-state index is 0.161. The van der Waals surface area contributed by atoms with E-state index in [1.165, 1.54) is 0 Å². The number of amides is 1. The summed E-state index contributed by atoms with van der Waals surface area (Å²) in [5.41, 5.74) is 2.03. The Labute approximate surface area is 263 Å². The average molecular weight is 631 g/mol. The topological polar surface area (TPSA) is 131 Å². The third-order valence-corrected chi connectivity index (χ3v) is 9.11. The maximum atomic E-state index is 13.3. The van der Waals surface area contributed by atoms with E-state index in [1.807, 2.05) is 45.0 Å². The van der Waals surface area contributed by atoms with Gasteiger partial charge in [-0.25, -0.2) is 18.0 Å². The fraction of sp³-hybridized carbons (Fsp3) is 0.382. The first-order valence-corrected chi connectivity index (χ1v) is 16.7. The van der Waals surface area contributed by atoms with Gasteiger partial charge in [0.2, 0.25) is 10.0 Å². The van der Waals surface area contributed by atoms with Crippen molar-refractivity contribution in [1.82, 2.24) is 9.47 Å². The first-order valence-electron chi connectivity index (χ1n) is 15.1. The molecule has 5 rings (SSSR count). The number of likely N-dealkylation sites (tertiary alicyclic amines) is 1. The summed E-state index contributed by atoms with van der Waals surface area (Å²) < 4.78 is 42.1. The molecule has 0 bridgehead atoms. The van der Waals surface area contributed by atoms with Gasteiger partial charge in [0, 0.05) is 30.2 Å². The molecule has 0 spiro atoms. The molecule has 1 aliphatic heterocycles. The Morgan fingerprint density at radius 3 is 2.58 bits per heavy atom. The molecule has 0 radical (unpaired) electrons. The van der Waals surface area contributed by atoms with Crippen LogP contribution in [0.1, 0.15) is 68.6 Å². The van der Waals surface area contributed by atoms with E-state index in [-0.39, 0.29) is 31.4 Å². The zero-order chi connectivity index (χ0) is 32.4. The second kappa shape index (κ2) is 12.8. The number of aromatic nitrogens is 1.